The van der Waals surface area contributed by atoms with Crippen LogP contribution in [-0.4, -0.2) is 12.5 Å². The molecule has 1 saturated carbocycles. The second-order valence-electron chi connectivity index (χ2n) is 5.18. The van der Waals surface area contributed by atoms with Gasteiger partial charge in [-0.15, -0.1) is 0 Å². The van der Waals surface area contributed by atoms with Crippen molar-refractivity contribution in [3.8, 4) is 0 Å². The van der Waals surface area contributed by atoms with E-state index >= 15 is 0 Å². The molecule has 1 amide bonds. The zero-order chi connectivity index (χ0) is 12.3. The highest BCUT2D eigenvalue weighted by Crippen LogP contribution is 2.36. The smallest absolute Gasteiger partial charge is 0.252 e. The molecule has 2 nitrogen and oxygen atoms in total. The van der Waals surface area contributed by atoms with E-state index in [2.05, 4.69) is 28.2 Å². The maximum atomic E-state index is 12.0. The summed E-state index contributed by atoms with van der Waals surface area (Å²) in [6, 6.07) is 7.54. The lowest BCUT2D eigenvalue weighted by Gasteiger charge is -2.23. The summed E-state index contributed by atoms with van der Waals surface area (Å²) >= 11 is 3.40. The van der Waals surface area contributed by atoms with E-state index in [0.717, 1.165) is 11.0 Å². The minimum Gasteiger partial charge on any atom is -0.351 e. The lowest BCUT2D eigenvalue weighted by molar-refractivity contribution is 0.0933. The molecule has 92 valence electrons. The number of carbonyl (C=O) groups is 1. The Balaban J connectivity index is 1.96. The van der Waals surface area contributed by atoms with Crippen molar-refractivity contribution in [2.75, 3.05) is 6.54 Å². The Kier molecular flexibility index (Phi) is 3.87. The Morgan fingerprint density at radius 2 is 2.00 bits per heavy atom. The Morgan fingerprint density at radius 3 is 2.65 bits per heavy atom. The van der Waals surface area contributed by atoms with Gasteiger partial charge in [-0.1, -0.05) is 31.9 Å². The second-order valence-corrected chi connectivity index (χ2v) is 6.03. The number of benzene rings is 1. The molecule has 1 aliphatic carbocycles. The Bertz CT molecular complexity index is 410. The van der Waals surface area contributed by atoms with Gasteiger partial charge < -0.3 is 5.32 Å². The molecule has 3 heteroatoms. The third kappa shape index (κ3) is 3.09. The van der Waals surface area contributed by atoms with Crippen molar-refractivity contribution >= 4 is 21.8 Å². The highest BCUT2D eigenvalue weighted by molar-refractivity contribution is 9.10. The fourth-order valence-electron chi connectivity index (χ4n) is 2.44. The van der Waals surface area contributed by atoms with Crippen LogP contribution in [-0.2, 0) is 0 Å². The Morgan fingerprint density at radius 1 is 1.35 bits per heavy atom. The van der Waals surface area contributed by atoms with Crippen molar-refractivity contribution in [3.05, 3.63) is 34.3 Å². The molecule has 0 aromatic heterocycles. The van der Waals surface area contributed by atoms with Crippen LogP contribution in [0, 0.1) is 5.41 Å². The summed E-state index contributed by atoms with van der Waals surface area (Å²) in [5.74, 6) is 0.0191. The van der Waals surface area contributed by atoms with Gasteiger partial charge in [0.2, 0.25) is 0 Å². The van der Waals surface area contributed by atoms with E-state index < -0.39 is 0 Å². The fraction of sp³-hybridized carbons (Fsp3) is 0.500. The van der Waals surface area contributed by atoms with Crippen LogP contribution in [0.2, 0.25) is 0 Å². The fourth-order valence-corrected chi connectivity index (χ4v) is 2.90. The molecule has 0 heterocycles. The zero-order valence-electron chi connectivity index (χ0n) is 10.1. The first-order valence-electron chi connectivity index (χ1n) is 6.13. The normalized spacial score (nSPS) is 18.0. The van der Waals surface area contributed by atoms with Crippen LogP contribution < -0.4 is 5.32 Å². The van der Waals surface area contributed by atoms with Crippen LogP contribution >= 0.6 is 15.9 Å². The van der Waals surface area contributed by atoms with E-state index in [-0.39, 0.29) is 5.91 Å². The first kappa shape index (κ1) is 12.6. The zero-order valence-corrected chi connectivity index (χ0v) is 11.7. The number of hydrogen-bond acceptors (Lipinski definition) is 1. The number of nitrogens with one attached hydrogen (secondary N) is 1. The molecule has 0 spiro atoms. The maximum absolute atomic E-state index is 12.0. The topological polar surface area (TPSA) is 29.1 Å². The van der Waals surface area contributed by atoms with E-state index in [0.29, 0.717) is 11.0 Å². The van der Waals surface area contributed by atoms with Gasteiger partial charge in [0.15, 0.2) is 0 Å². The molecule has 2 rings (SSSR count). The van der Waals surface area contributed by atoms with Gasteiger partial charge in [-0.3, -0.25) is 4.79 Å². The van der Waals surface area contributed by atoms with Gasteiger partial charge in [0.1, 0.15) is 0 Å². The molecule has 1 N–H and O–H groups in total. The number of rotatable bonds is 3. The van der Waals surface area contributed by atoms with Crippen LogP contribution in [0.3, 0.4) is 0 Å². The second kappa shape index (κ2) is 5.21. The quantitative estimate of drug-likeness (QED) is 0.904. The summed E-state index contributed by atoms with van der Waals surface area (Å²) in [4.78, 5) is 12.0. The first-order valence-corrected chi connectivity index (χ1v) is 6.93. The van der Waals surface area contributed by atoms with Crippen LogP contribution in [0.4, 0.5) is 0 Å². The average molecular weight is 296 g/mol. The summed E-state index contributed by atoms with van der Waals surface area (Å²) in [7, 11) is 0. The molecule has 0 unspecified atom stereocenters. The molecule has 0 bridgehead atoms. The van der Waals surface area contributed by atoms with Crippen LogP contribution in [0.15, 0.2) is 28.7 Å². The van der Waals surface area contributed by atoms with Crippen molar-refractivity contribution in [2.24, 2.45) is 5.41 Å². The summed E-state index contributed by atoms with van der Waals surface area (Å²) in [6.07, 6.45) is 5.04. The molecule has 1 aliphatic rings. The Labute approximate surface area is 111 Å². The highest BCUT2D eigenvalue weighted by atomic mass is 79.9. The summed E-state index contributed by atoms with van der Waals surface area (Å²) in [5.41, 5.74) is 1.02. The predicted molar refractivity (Wildman–Crippen MR) is 73.1 cm³/mol. The van der Waals surface area contributed by atoms with Crippen LogP contribution in [0.25, 0.3) is 0 Å². The van der Waals surface area contributed by atoms with Gasteiger partial charge in [-0.25, -0.2) is 0 Å². The third-order valence-corrected chi connectivity index (χ3v) is 4.30. The lowest BCUT2D eigenvalue weighted by Crippen LogP contribution is -2.34. The van der Waals surface area contributed by atoms with Gasteiger partial charge in [0.05, 0.1) is 5.56 Å². The standard InChI is InChI=1S/C14H18BrNO/c1-14(8-4-5-9-14)10-16-13(17)11-6-2-3-7-12(11)15/h2-3,6-7H,4-5,8-10H2,1H3,(H,16,17). The number of amides is 1. The average Bonchev–Trinajstić information content (AvgIpc) is 2.74. The molecule has 0 saturated heterocycles. The molecule has 1 aromatic carbocycles. The maximum Gasteiger partial charge on any atom is 0.252 e. The largest absolute Gasteiger partial charge is 0.351 e. The van der Waals surface area contributed by atoms with Gasteiger partial charge in [-0.05, 0) is 46.3 Å². The van der Waals surface area contributed by atoms with E-state index in [1.807, 2.05) is 24.3 Å². The summed E-state index contributed by atoms with van der Waals surface area (Å²) in [6.45, 7) is 3.05. The van der Waals surface area contributed by atoms with E-state index in [1.54, 1.807) is 0 Å². The van der Waals surface area contributed by atoms with E-state index in [1.165, 1.54) is 25.7 Å². The minimum atomic E-state index is 0.0191. The number of hydrogen-bond donors (Lipinski definition) is 1. The van der Waals surface area contributed by atoms with Gasteiger partial charge in [0.25, 0.3) is 5.91 Å². The molecular weight excluding hydrogens is 278 g/mol. The van der Waals surface area contributed by atoms with Gasteiger partial charge in [-0.2, -0.15) is 0 Å². The molecular formula is C14H18BrNO. The van der Waals surface area contributed by atoms with Gasteiger partial charge in [0, 0.05) is 11.0 Å². The molecule has 0 aliphatic heterocycles. The van der Waals surface area contributed by atoms with Gasteiger partial charge >= 0.3 is 0 Å². The van der Waals surface area contributed by atoms with Crippen molar-refractivity contribution in [3.63, 3.8) is 0 Å². The molecule has 17 heavy (non-hydrogen) atoms. The van der Waals surface area contributed by atoms with Crippen molar-refractivity contribution in [2.45, 2.75) is 32.6 Å². The van der Waals surface area contributed by atoms with Crippen LogP contribution in [0.5, 0.6) is 0 Å². The third-order valence-electron chi connectivity index (χ3n) is 3.60. The predicted octanol–water partition coefficient (Wildman–Crippen LogP) is 3.76. The van der Waals surface area contributed by atoms with E-state index in [4.69, 9.17) is 0 Å². The monoisotopic (exact) mass is 295 g/mol. The Hall–Kier alpha value is -0.830. The number of halogens is 1. The molecule has 1 aromatic rings. The van der Waals surface area contributed by atoms with E-state index in [9.17, 15) is 4.79 Å². The molecule has 1 fully saturated rings. The summed E-state index contributed by atoms with van der Waals surface area (Å²) in [5, 5.41) is 3.05. The highest BCUT2D eigenvalue weighted by Gasteiger charge is 2.29. The van der Waals surface area contributed by atoms with Crippen molar-refractivity contribution in [1.82, 2.24) is 5.32 Å². The van der Waals surface area contributed by atoms with Crippen molar-refractivity contribution < 1.29 is 4.79 Å². The first-order chi connectivity index (χ1) is 8.11. The lowest BCUT2D eigenvalue weighted by atomic mass is 9.89. The molecule has 0 atom stereocenters. The minimum absolute atomic E-state index is 0.0191. The summed E-state index contributed by atoms with van der Waals surface area (Å²) < 4.78 is 0.856. The number of carbonyl (C=O) groups excluding carboxylic acids is 1. The van der Waals surface area contributed by atoms with Crippen molar-refractivity contribution in [1.29, 1.82) is 0 Å². The molecule has 0 radical (unpaired) electrons. The SMILES string of the molecule is CC1(CNC(=O)c2ccccc2Br)CCCC1. The van der Waals surface area contributed by atoms with Crippen LogP contribution in [0.1, 0.15) is 43.0 Å².